The van der Waals surface area contributed by atoms with E-state index < -0.39 is 0 Å². The first kappa shape index (κ1) is 8.96. The molecule has 0 bridgehead atoms. The largest absolute Gasteiger partial charge is 0.347 e. The Balaban J connectivity index is 2.00. The predicted molar refractivity (Wildman–Crippen MR) is 59.2 cm³/mol. The first-order valence-corrected chi connectivity index (χ1v) is 5.58. The number of nitrogens with zero attached hydrogens (tertiary/aromatic N) is 1. The van der Waals surface area contributed by atoms with Gasteiger partial charge in [-0.1, -0.05) is 12.5 Å². The summed E-state index contributed by atoms with van der Waals surface area (Å²) in [6, 6.07) is 7.19. The fourth-order valence-corrected chi connectivity index (χ4v) is 2.30. The van der Waals surface area contributed by atoms with E-state index in [0.717, 1.165) is 23.4 Å². The number of benzene rings is 1. The third-order valence-corrected chi connectivity index (χ3v) is 3.44. The lowest BCUT2D eigenvalue weighted by Crippen LogP contribution is -2.17. The summed E-state index contributed by atoms with van der Waals surface area (Å²) in [7, 11) is 0. The van der Waals surface area contributed by atoms with Crippen LogP contribution in [-0.2, 0) is 6.54 Å². The molecule has 1 aromatic carbocycles. The number of rotatable bonds is 2. The quantitative estimate of drug-likeness (QED) is 0.703. The van der Waals surface area contributed by atoms with Crippen molar-refractivity contribution in [1.82, 2.24) is 4.57 Å². The normalized spacial score (nSPS) is 16.9. The Hall–Kier alpha value is -1.31. The summed E-state index contributed by atoms with van der Waals surface area (Å²) in [5, 5.41) is 0.747. The molecule has 1 saturated carbocycles. The van der Waals surface area contributed by atoms with Crippen molar-refractivity contribution in [3.8, 4) is 0 Å². The number of hydrogen-bond donors (Lipinski definition) is 0. The predicted octanol–water partition coefficient (Wildman–Crippen LogP) is 3.58. The van der Waals surface area contributed by atoms with E-state index in [9.17, 15) is 4.39 Å². The van der Waals surface area contributed by atoms with Crippen molar-refractivity contribution in [3.63, 3.8) is 0 Å². The second-order valence-corrected chi connectivity index (χ2v) is 4.44. The van der Waals surface area contributed by atoms with Gasteiger partial charge in [-0.05, 0) is 37.0 Å². The summed E-state index contributed by atoms with van der Waals surface area (Å²) >= 11 is 0. The first-order chi connectivity index (χ1) is 7.34. The van der Waals surface area contributed by atoms with Crippen LogP contribution in [0.15, 0.2) is 30.5 Å². The summed E-state index contributed by atoms with van der Waals surface area (Å²) in [5.41, 5.74) is 1.03. The molecule has 2 heteroatoms. The highest BCUT2D eigenvalue weighted by molar-refractivity contribution is 5.80. The SMILES string of the molecule is Fc1cccc2c1ccn2CC1CCC1. The Morgan fingerprint density at radius 1 is 1.27 bits per heavy atom. The minimum Gasteiger partial charge on any atom is -0.347 e. The van der Waals surface area contributed by atoms with Crippen LogP contribution in [0.5, 0.6) is 0 Å². The fourth-order valence-electron chi connectivity index (χ4n) is 2.30. The smallest absolute Gasteiger partial charge is 0.132 e. The van der Waals surface area contributed by atoms with Crippen molar-refractivity contribution in [2.24, 2.45) is 5.92 Å². The lowest BCUT2D eigenvalue weighted by molar-refractivity contribution is 0.280. The molecule has 0 N–H and O–H groups in total. The molecule has 0 saturated heterocycles. The van der Waals surface area contributed by atoms with Gasteiger partial charge in [0.2, 0.25) is 0 Å². The van der Waals surface area contributed by atoms with E-state index in [1.807, 2.05) is 18.3 Å². The Kier molecular flexibility index (Phi) is 2.01. The molecule has 1 fully saturated rings. The molecule has 0 aliphatic heterocycles. The topological polar surface area (TPSA) is 4.93 Å². The van der Waals surface area contributed by atoms with Crippen LogP contribution in [0.1, 0.15) is 19.3 Å². The van der Waals surface area contributed by atoms with Crippen LogP contribution in [-0.4, -0.2) is 4.57 Å². The molecule has 0 radical (unpaired) electrons. The molecule has 3 rings (SSSR count). The van der Waals surface area contributed by atoms with Crippen LogP contribution in [0, 0.1) is 11.7 Å². The van der Waals surface area contributed by atoms with E-state index in [-0.39, 0.29) is 5.82 Å². The summed E-state index contributed by atoms with van der Waals surface area (Å²) in [5.74, 6) is 0.698. The zero-order valence-corrected chi connectivity index (χ0v) is 8.62. The van der Waals surface area contributed by atoms with E-state index in [4.69, 9.17) is 0 Å². The van der Waals surface area contributed by atoms with Crippen LogP contribution in [0.2, 0.25) is 0 Å². The van der Waals surface area contributed by atoms with E-state index in [2.05, 4.69) is 4.57 Å². The molecule has 0 amide bonds. The highest BCUT2D eigenvalue weighted by atomic mass is 19.1. The van der Waals surface area contributed by atoms with Gasteiger partial charge in [-0.15, -0.1) is 0 Å². The third kappa shape index (κ3) is 1.44. The van der Waals surface area contributed by atoms with E-state index in [0.29, 0.717) is 0 Å². The standard InChI is InChI=1S/C13H14FN/c14-12-5-2-6-13-11(12)7-8-15(13)9-10-3-1-4-10/h2,5-8,10H,1,3-4,9H2. The Bertz CT molecular complexity index is 482. The summed E-state index contributed by atoms with van der Waals surface area (Å²) in [6.07, 6.45) is 6.02. The van der Waals surface area contributed by atoms with Gasteiger partial charge in [-0.3, -0.25) is 0 Å². The van der Waals surface area contributed by atoms with E-state index in [1.54, 1.807) is 6.07 Å². The van der Waals surface area contributed by atoms with Crippen molar-refractivity contribution in [1.29, 1.82) is 0 Å². The number of fused-ring (bicyclic) bond motifs is 1. The van der Waals surface area contributed by atoms with Gasteiger partial charge < -0.3 is 4.57 Å². The van der Waals surface area contributed by atoms with Gasteiger partial charge in [0.25, 0.3) is 0 Å². The summed E-state index contributed by atoms with van der Waals surface area (Å²) in [6.45, 7) is 1.05. The molecule has 0 spiro atoms. The lowest BCUT2D eigenvalue weighted by Gasteiger charge is -2.26. The number of aromatic nitrogens is 1. The summed E-state index contributed by atoms with van der Waals surface area (Å²) < 4.78 is 15.6. The van der Waals surface area contributed by atoms with Crippen LogP contribution < -0.4 is 0 Å². The van der Waals surface area contributed by atoms with Gasteiger partial charge in [0.05, 0.1) is 5.52 Å². The minimum atomic E-state index is -0.111. The zero-order valence-electron chi connectivity index (χ0n) is 8.62. The number of halogens is 1. The van der Waals surface area contributed by atoms with Gasteiger partial charge in [-0.25, -0.2) is 4.39 Å². The van der Waals surface area contributed by atoms with E-state index >= 15 is 0 Å². The van der Waals surface area contributed by atoms with Gasteiger partial charge in [-0.2, -0.15) is 0 Å². The van der Waals surface area contributed by atoms with Crippen molar-refractivity contribution in [2.45, 2.75) is 25.8 Å². The zero-order chi connectivity index (χ0) is 10.3. The maximum atomic E-state index is 13.4. The van der Waals surface area contributed by atoms with Crippen molar-refractivity contribution in [3.05, 3.63) is 36.3 Å². The first-order valence-electron chi connectivity index (χ1n) is 5.58. The van der Waals surface area contributed by atoms with Crippen LogP contribution >= 0.6 is 0 Å². The second kappa shape index (κ2) is 3.37. The van der Waals surface area contributed by atoms with Crippen molar-refractivity contribution >= 4 is 10.9 Å². The van der Waals surface area contributed by atoms with Gasteiger partial charge in [0, 0.05) is 18.1 Å². The van der Waals surface area contributed by atoms with Gasteiger partial charge in [0.15, 0.2) is 0 Å². The van der Waals surface area contributed by atoms with Crippen LogP contribution in [0.3, 0.4) is 0 Å². The molecule has 15 heavy (non-hydrogen) atoms. The van der Waals surface area contributed by atoms with Crippen molar-refractivity contribution in [2.75, 3.05) is 0 Å². The molecule has 0 unspecified atom stereocenters. The molecule has 1 nitrogen and oxygen atoms in total. The Labute approximate surface area is 88.5 Å². The molecule has 1 aliphatic rings. The third-order valence-electron chi connectivity index (χ3n) is 3.44. The highest BCUT2D eigenvalue weighted by Crippen LogP contribution is 2.29. The van der Waals surface area contributed by atoms with Crippen LogP contribution in [0.4, 0.5) is 4.39 Å². The monoisotopic (exact) mass is 203 g/mol. The van der Waals surface area contributed by atoms with Gasteiger partial charge in [0.1, 0.15) is 5.82 Å². The highest BCUT2D eigenvalue weighted by Gasteiger charge is 2.18. The molecular weight excluding hydrogens is 189 g/mol. The van der Waals surface area contributed by atoms with Gasteiger partial charge >= 0.3 is 0 Å². The molecule has 1 aliphatic carbocycles. The molecule has 2 aromatic rings. The second-order valence-electron chi connectivity index (χ2n) is 4.44. The molecule has 1 heterocycles. The molecule has 1 aromatic heterocycles. The fraction of sp³-hybridized carbons (Fsp3) is 0.385. The summed E-state index contributed by atoms with van der Waals surface area (Å²) in [4.78, 5) is 0. The van der Waals surface area contributed by atoms with Crippen molar-refractivity contribution < 1.29 is 4.39 Å². The maximum Gasteiger partial charge on any atom is 0.132 e. The Morgan fingerprint density at radius 3 is 2.87 bits per heavy atom. The Morgan fingerprint density at radius 2 is 2.13 bits per heavy atom. The molecule has 0 atom stereocenters. The molecular formula is C13H14FN. The van der Waals surface area contributed by atoms with Crippen LogP contribution in [0.25, 0.3) is 10.9 Å². The average Bonchev–Trinajstić information content (AvgIpc) is 2.56. The number of hydrogen-bond acceptors (Lipinski definition) is 0. The molecule has 78 valence electrons. The maximum absolute atomic E-state index is 13.4. The minimum absolute atomic E-state index is 0.111. The average molecular weight is 203 g/mol. The lowest BCUT2D eigenvalue weighted by atomic mass is 9.85. The van der Waals surface area contributed by atoms with E-state index in [1.165, 1.54) is 25.3 Å².